The fourth-order valence-corrected chi connectivity index (χ4v) is 2.69. The van der Waals surface area contributed by atoms with Gasteiger partial charge in [-0.25, -0.2) is 0 Å². The van der Waals surface area contributed by atoms with Crippen molar-refractivity contribution >= 4 is 17.3 Å². The lowest BCUT2D eigenvalue weighted by Crippen LogP contribution is -2.24. The summed E-state index contributed by atoms with van der Waals surface area (Å²) in [5.74, 6) is -0.248. The molecule has 3 nitrogen and oxygen atoms in total. The third kappa shape index (κ3) is 3.45. The van der Waals surface area contributed by atoms with Crippen LogP contribution in [0.3, 0.4) is 0 Å². The molecule has 0 atom stereocenters. The van der Waals surface area contributed by atoms with Gasteiger partial charge in [-0.1, -0.05) is 46.2 Å². The quantitative estimate of drug-likeness (QED) is 0.771. The predicted octanol–water partition coefficient (Wildman–Crippen LogP) is 5.16. The second-order valence-electron chi connectivity index (χ2n) is 6.54. The molecule has 0 saturated carbocycles. The molecule has 0 radical (unpaired) electrons. The van der Waals surface area contributed by atoms with Crippen LogP contribution in [0, 0.1) is 10.3 Å². The Hall–Kier alpha value is -1.09. The Morgan fingerprint density at radius 1 is 1.22 bits per heavy atom. The number of phenolic OH excluding ortho intramolecular Hbond substituents is 1. The fraction of sp³-hybridized carbons (Fsp3) is 0.571. The summed E-state index contributed by atoms with van der Waals surface area (Å²) in [7, 11) is 0. The van der Waals surface area contributed by atoms with Gasteiger partial charge in [0.1, 0.15) is 0 Å². The first-order valence-electron chi connectivity index (χ1n) is 5.93. The summed E-state index contributed by atoms with van der Waals surface area (Å²) in [6.45, 7) is 10.7. The van der Waals surface area contributed by atoms with Gasteiger partial charge in [0, 0.05) is 0 Å². The summed E-state index contributed by atoms with van der Waals surface area (Å²) in [5, 5.41) is 12.6. The van der Waals surface area contributed by atoms with Crippen LogP contribution in [0.1, 0.15) is 46.6 Å². The van der Waals surface area contributed by atoms with Gasteiger partial charge in [0.15, 0.2) is 11.4 Å². The molecular weight excluding hydrogens is 250 g/mol. The number of nitroso groups, excluding NO2 is 1. The second kappa shape index (κ2) is 4.88. The van der Waals surface area contributed by atoms with Crippen LogP contribution < -0.4 is 0 Å². The minimum absolute atomic E-state index is 0.000478. The van der Waals surface area contributed by atoms with Crippen LogP contribution in [0.25, 0.3) is 0 Å². The molecule has 0 heterocycles. The van der Waals surface area contributed by atoms with Gasteiger partial charge >= 0.3 is 0 Å². The molecule has 0 amide bonds. The van der Waals surface area contributed by atoms with E-state index in [0.29, 0.717) is 0 Å². The van der Waals surface area contributed by atoms with E-state index < -0.39 is 0 Å². The third-order valence-electron chi connectivity index (χ3n) is 2.90. The minimum Gasteiger partial charge on any atom is -0.504 e. The minimum atomic E-state index is -0.248. The lowest BCUT2D eigenvalue weighted by Gasteiger charge is -2.33. The number of halogens is 1. The molecule has 4 heteroatoms. The van der Waals surface area contributed by atoms with Crippen LogP contribution in [-0.4, -0.2) is 5.11 Å². The number of benzene rings is 1. The molecule has 1 aromatic carbocycles. The van der Waals surface area contributed by atoms with Crippen molar-refractivity contribution in [3.8, 4) is 5.75 Å². The Kier molecular flexibility index (Phi) is 4.06. The van der Waals surface area contributed by atoms with E-state index in [0.717, 1.165) is 12.0 Å². The Bertz CT molecular complexity index is 462. The smallest absolute Gasteiger partial charge is 0.163 e. The van der Waals surface area contributed by atoms with E-state index >= 15 is 0 Å². The van der Waals surface area contributed by atoms with Gasteiger partial charge in [0.25, 0.3) is 0 Å². The molecule has 0 spiro atoms. The Labute approximate surface area is 113 Å². The lowest BCUT2D eigenvalue weighted by atomic mass is 9.72. The molecule has 0 aliphatic carbocycles. The molecule has 0 aromatic heterocycles. The summed E-state index contributed by atoms with van der Waals surface area (Å²) >= 11 is 5.93. The van der Waals surface area contributed by atoms with Crippen LogP contribution in [0.15, 0.2) is 17.3 Å². The van der Waals surface area contributed by atoms with Crippen molar-refractivity contribution in [2.45, 2.75) is 46.5 Å². The standard InChI is InChI=1S/C14H20ClNO2/c1-13(2,3)8-14(4,5)9-6-10(15)12(17)11(7-9)16-18/h6-7,17H,8H2,1-5H3. The lowest BCUT2D eigenvalue weighted by molar-refractivity contribution is 0.284. The normalized spacial score (nSPS) is 12.6. The summed E-state index contributed by atoms with van der Waals surface area (Å²) in [6, 6.07) is 3.32. The average Bonchev–Trinajstić information content (AvgIpc) is 2.18. The molecule has 0 fully saturated rings. The predicted molar refractivity (Wildman–Crippen MR) is 75.7 cm³/mol. The number of nitrogens with zero attached hydrogens (tertiary/aromatic N) is 1. The molecule has 1 rings (SSSR count). The molecule has 100 valence electrons. The van der Waals surface area contributed by atoms with E-state index in [9.17, 15) is 10.0 Å². The summed E-state index contributed by atoms with van der Waals surface area (Å²) in [6.07, 6.45) is 0.930. The Balaban J connectivity index is 3.24. The molecule has 0 aliphatic heterocycles. The van der Waals surface area contributed by atoms with Crippen LogP contribution in [-0.2, 0) is 5.41 Å². The topological polar surface area (TPSA) is 49.7 Å². The number of hydrogen-bond acceptors (Lipinski definition) is 3. The van der Waals surface area contributed by atoms with Crippen molar-refractivity contribution in [3.05, 3.63) is 27.6 Å². The first-order chi connectivity index (χ1) is 8.07. The van der Waals surface area contributed by atoms with Crippen LogP contribution in [0.2, 0.25) is 5.02 Å². The first-order valence-corrected chi connectivity index (χ1v) is 6.31. The van der Waals surface area contributed by atoms with E-state index in [2.05, 4.69) is 39.8 Å². The molecular formula is C14H20ClNO2. The fourth-order valence-electron chi connectivity index (χ4n) is 2.47. The number of rotatable bonds is 3. The molecule has 0 saturated heterocycles. The monoisotopic (exact) mass is 269 g/mol. The second-order valence-corrected chi connectivity index (χ2v) is 6.95. The zero-order valence-corrected chi connectivity index (χ0v) is 12.3. The zero-order chi connectivity index (χ0) is 14.1. The van der Waals surface area contributed by atoms with Gasteiger partial charge in [-0.15, -0.1) is 4.91 Å². The van der Waals surface area contributed by atoms with Crippen molar-refractivity contribution in [3.63, 3.8) is 0 Å². The van der Waals surface area contributed by atoms with Gasteiger partial charge in [-0.2, -0.15) is 0 Å². The first kappa shape index (κ1) is 15.0. The highest BCUT2D eigenvalue weighted by Crippen LogP contribution is 2.42. The number of aromatic hydroxyl groups is 1. The van der Waals surface area contributed by atoms with Crippen molar-refractivity contribution < 1.29 is 5.11 Å². The molecule has 1 N–H and O–H groups in total. The molecule has 0 bridgehead atoms. The van der Waals surface area contributed by atoms with Crippen LogP contribution in [0.4, 0.5) is 5.69 Å². The Morgan fingerprint density at radius 3 is 2.22 bits per heavy atom. The average molecular weight is 270 g/mol. The molecule has 0 unspecified atom stereocenters. The van der Waals surface area contributed by atoms with Crippen LogP contribution in [0.5, 0.6) is 5.75 Å². The van der Waals surface area contributed by atoms with Crippen LogP contribution >= 0.6 is 11.6 Å². The number of phenols is 1. The van der Waals surface area contributed by atoms with Gasteiger partial charge in [-0.05, 0) is 40.1 Å². The summed E-state index contributed by atoms with van der Waals surface area (Å²) in [5.41, 5.74) is 0.923. The van der Waals surface area contributed by atoms with Crippen molar-refractivity contribution in [1.29, 1.82) is 0 Å². The largest absolute Gasteiger partial charge is 0.504 e. The molecule has 18 heavy (non-hydrogen) atoms. The number of hydrogen-bond donors (Lipinski definition) is 1. The molecule has 1 aromatic rings. The van der Waals surface area contributed by atoms with E-state index in [1.807, 2.05) is 0 Å². The highest BCUT2D eigenvalue weighted by Gasteiger charge is 2.28. The highest BCUT2D eigenvalue weighted by molar-refractivity contribution is 6.32. The Morgan fingerprint density at radius 2 is 1.78 bits per heavy atom. The van der Waals surface area contributed by atoms with E-state index in [4.69, 9.17) is 11.6 Å². The SMILES string of the molecule is CC(C)(C)CC(C)(C)c1cc(Cl)c(O)c(N=O)c1. The molecule has 0 aliphatic rings. The van der Waals surface area contributed by atoms with Crippen molar-refractivity contribution in [2.75, 3.05) is 0 Å². The summed E-state index contributed by atoms with van der Waals surface area (Å²) < 4.78 is 0. The maximum absolute atomic E-state index is 10.7. The van der Waals surface area contributed by atoms with Crippen molar-refractivity contribution in [2.24, 2.45) is 10.6 Å². The van der Waals surface area contributed by atoms with E-state index in [1.165, 1.54) is 0 Å². The van der Waals surface area contributed by atoms with E-state index in [-0.39, 0.29) is 27.3 Å². The maximum atomic E-state index is 10.7. The van der Waals surface area contributed by atoms with Gasteiger partial charge in [0.05, 0.1) is 5.02 Å². The third-order valence-corrected chi connectivity index (χ3v) is 3.18. The summed E-state index contributed by atoms with van der Waals surface area (Å²) in [4.78, 5) is 10.7. The zero-order valence-electron chi connectivity index (χ0n) is 11.5. The van der Waals surface area contributed by atoms with Crippen molar-refractivity contribution in [1.82, 2.24) is 0 Å². The maximum Gasteiger partial charge on any atom is 0.163 e. The van der Waals surface area contributed by atoms with Gasteiger partial charge in [-0.3, -0.25) is 0 Å². The highest BCUT2D eigenvalue weighted by atomic mass is 35.5. The van der Waals surface area contributed by atoms with Gasteiger partial charge in [0.2, 0.25) is 0 Å². The van der Waals surface area contributed by atoms with Gasteiger partial charge < -0.3 is 5.11 Å². The van der Waals surface area contributed by atoms with E-state index in [1.54, 1.807) is 12.1 Å².